The van der Waals surface area contributed by atoms with Crippen molar-refractivity contribution in [1.82, 2.24) is 15.2 Å². The molecule has 168 valence electrons. The van der Waals surface area contributed by atoms with Gasteiger partial charge in [0.25, 0.3) is 0 Å². The number of halogens is 3. The van der Waals surface area contributed by atoms with Crippen LogP contribution in [-0.2, 0) is 4.79 Å². The number of alkyl halides is 3. The molecule has 3 aromatic rings. The topological polar surface area (TPSA) is 82.7 Å². The van der Waals surface area contributed by atoms with E-state index in [4.69, 9.17) is 4.63 Å². The van der Waals surface area contributed by atoms with E-state index in [2.05, 4.69) is 10.3 Å². The SMILES string of the molecule is O=C(C1CN(c2cc(-c3cccc(C(O)C(F)(F)F)c3)cc3nonc23)C1)N1CCCC1. The normalized spacial score (nSPS) is 18.2. The average molecular weight is 446 g/mol. The van der Waals surface area contributed by atoms with Crippen LogP contribution in [0.5, 0.6) is 0 Å². The van der Waals surface area contributed by atoms with Gasteiger partial charge in [0.05, 0.1) is 11.6 Å². The first kappa shape index (κ1) is 20.7. The number of anilines is 1. The predicted molar refractivity (Wildman–Crippen MR) is 110 cm³/mol. The van der Waals surface area contributed by atoms with Gasteiger partial charge in [-0.05, 0) is 58.0 Å². The molecule has 5 rings (SSSR count). The molecule has 1 unspecified atom stereocenters. The van der Waals surface area contributed by atoms with Crippen molar-refractivity contribution in [3.8, 4) is 11.1 Å². The van der Waals surface area contributed by atoms with Gasteiger partial charge in [0.15, 0.2) is 11.6 Å². The van der Waals surface area contributed by atoms with Crippen LogP contribution in [0.2, 0.25) is 0 Å². The Morgan fingerprint density at radius 3 is 2.56 bits per heavy atom. The van der Waals surface area contributed by atoms with Crippen molar-refractivity contribution in [3.05, 3.63) is 42.0 Å². The highest BCUT2D eigenvalue weighted by atomic mass is 19.4. The van der Waals surface area contributed by atoms with E-state index in [1.54, 1.807) is 12.1 Å². The average Bonchev–Trinajstić information content (AvgIpc) is 3.43. The number of nitrogens with zero attached hydrogens (tertiary/aromatic N) is 4. The molecule has 2 aromatic carbocycles. The van der Waals surface area contributed by atoms with Crippen molar-refractivity contribution >= 4 is 22.6 Å². The molecule has 1 amide bonds. The zero-order chi connectivity index (χ0) is 22.5. The van der Waals surface area contributed by atoms with Gasteiger partial charge in [-0.3, -0.25) is 4.79 Å². The molecule has 2 saturated heterocycles. The van der Waals surface area contributed by atoms with Gasteiger partial charge < -0.3 is 14.9 Å². The van der Waals surface area contributed by atoms with Crippen molar-refractivity contribution < 1.29 is 27.7 Å². The maximum absolute atomic E-state index is 13.0. The second-order valence-electron chi connectivity index (χ2n) is 8.33. The summed E-state index contributed by atoms with van der Waals surface area (Å²) in [5, 5.41) is 17.5. The van der Waals surface area contributed by atoms with Gasteiger partial charge in [0, 0.05) is 26.2 Å². The van der Waals surface area contributed by atoms with Crippen LogP contribution < -0.4 is 4.90 Å². The molecule has 2 fully saturated rings. The number of aromatic nitrogens is 2. The number of hydrogen-bond donors (Lipinski definition) is 1. The predicted octanol–water partition coefficient (Wildman–Crippen LogP) is 3.54. The first-order valence-corrected chi connectivity index (χ1v) is 10.5. The van der Waals surface area contributed by atoms with Gasteiger partial charge in [-0.15, -0.1) is 0 Å². The fourth-order valence-electron chi connectivity index (χ4n) is 4.38. The quantitative estimate of drug-likeness (QED) is 0.660. The van der Waals surface area contributed by atoms with Crippen LogP contribution in [-0.4, -0.2) is 58.6 Å². The number of benzene rings is 2. The summed E-state index contributed by atoms with van der Waals surface area (Å²) in [5.74, 6) is 0.0789. The molecule has 1 aromatic heterocycles. The lowest BCUT2D eigenvalue weighted by atomic mass is 9.95. The number of likely N-dealkylation sites (tertiary alicyclic amines) is 1. The van der Waals surface area contributed by atoms with Gasteiger partial charge >= 0.3 is 6.18 Å². The maximum Gasteiger partial charge on any atom is 0.418 e. The van der Waals surface area contributed by atoms with E-state index in [-0.39, 0.29) is 17.4 Å². The highest BCUT2D eigenvalue weighted by Crippen LogP contribution is 2.38. The van der Waals surface area contributed by atoms with Gasteiger partial charge in [-0.25, -0.2) is 4.63 Å². The Hall–Kier alpha value is -3.14. The Labute approximate surface area is 181 Å². The number of fused-ring (bicyclic) bond motifs is 1. The molecule has 2 aliphatic heterocycles. The summed E-state index contributed by atoms with van der Waals surface area (Å²) in [6.45, 7) is 2.69. The Morgan fingerprint density at radius 2 is 1.84 bits per heavy atom. The van der Waals surface area contributed by atoms with Crippen molar-refractivity contribution in [1.29, 1.82) is 0 Å². The fourth-order valence-corrected chi connectivity index (χ4v) is 4.38. The van der Waals surface area contributed by atoms with Crippen LogP contribution in [0.4, 0.5) is 18.9 Å². The lowest BCUT2D eigenvalue weighted by molar-refractivity contribution is -0.206. The van der Waals surface area contributed by atoms with Crippen molar-refractivity contribution in [2.45, 2.75) is 25.1 Å². The molecule has 0 aliphatic carbocycles. The largest absolute Gasteiger partial charge is 0.418 e. The molecular weight excluding hydrogens is 425 g/mol. The highest BCUT2D eigenvalue weighted by molar-refractivity contribution is 5.94. The summed E-state index contributed by atoms with van der Waals surface area (Å²) in [5.41, 5.74) is 2.60. The molecule has 3 heterocycles. The summed E-state index contributed by atoms with van der Waals surface area (Å²) in [6.07, 6.45) is -5.24. The minimum Gasteiger partial charge on any atom is -0.379 e. The number of amides is 1. The summed E-state index contributed by atoms with van der Waals surface area (Å²) in [4.78, 5) is 16.5. The molecule has 0 saturated carbocycles. The second-order valence-corrected chi connectivity index (χ2v) is 8.33. The Bertz CT molecular complexity index is 1150. The number of carbonyl (C=O) groups is 1. The third kappa shape index (κ3) is 3.68. The van der Waals surface area contributed by atoms with Crippen LogP contribution in [0.25, 0.3) is 22.2 Å². The van der Waals surface area contributed by atoms with Gasteiger partial charge in [-0.1, -0.05) is 18.2 Å². The Balaban J connectivity index is 1.43. The molecule has 1 atom stereocenters. The van der Waals surface area contributed by atoms with Gasteiger partial charge in [0.1, 0.15) is 5.52 Å². The zero-order valence-corrected chi connectivity index (χ0v) is 17.0. The molecule has 0 radical (unpaired) electrons. The van der Waals surface area contributed by atoms with Gasteiger partial charge in [0.2, 0.25) is 5.91 Å². The minimum atomic E-state index is -4.75. The molecule has 0 spiro atoms. The summed E-state index contributed by atoms with van der Waals surface area (Å²) in [7, 11) is 0. The standard InChI is InChI=1S/C22H21F3N4O3/c23-22(24,25)20(30)14-5-3-4-13(8-14)15-9-17-19(27-32-26-17)18(10-15)29-11-16(12-29)21(31)28-6-1-2-7-28/h3-5,8-10,16,20,30H,1-2,6-7,11-12H2. The molecule has 1 N–H and O–H groups in total. The molecular formula is C22H21F3N4O3. The highest BCUT2D eigenvalue weighted by Gasteiger charge is 2.40. The van der Waals surface area contributed by atoms with E-state index in [0.29, 0.717) is 40.9 Å². The first-order valence-electron chi connectivity index (χ1n) is 10.5. The van der Waals surface area contributed by atoms with Gasteiger partial charge in [-0.2, -0.15) is 13.2 Å². The van der Waals surface area contributed by atoms with E-state index in [1.165, 1.54) is 18.2 Å². The summed E-state index contributed by atoms with van der Waals surface area (Å²) in [6, 6.07) is 9.18. The van der Waals surface area contributed by atoms with Crippen LogP contribution in [0.1, 0.15) is 24.5 Å². The van der Waals surface area contributed by atoms with E-state index >= 15 is 0 Å². The molecule has 10 heteroatoms. The zero-order valence-electron chi connectivity index (χ0n) is 17.0. The van der Waals surface area contributed by atoms with Crippen LogP contribution in [0.3, 0.4) is 0 Å². The Morgan fingerprint density at radius 1 is 1.09 bits per heavy atom. The first-order chi connectivity index (χ1) is 15.3. The summed E-state index contributed by atoms with van der Waals surface area (Å²) >= 11 is 0. The van der Waals surface area contributed by atoms with E-state index in [0.717, 1.165) is 25.9 Å². The van der Waals surface area contributed by atoms with E-state index in [9.17, 15) is 23.1 Å². The third-order valence-corrected chi connectivity index (χ3v) is 6.18. The third-order valence-electron chi connectivity index (χ3n) is 6.18. The number of carbonyl (C=O) groups excluding carboxylic acids is 1. The Kier molecular flexibility index (Phi) is 5.04. The monoisotopic (exact) mass is 446 g/mol. The number of aliphatic hydroxyl groups is 1. The molecule has 2 aliphatic rings. The van der Waals surface area contributed by atoms with Crippen LogP contribution in [0, 0.1) is 5.92 Å². The van der Waals surface area contributed by atoms with Crippen LogP contribution in [0.15, 0.2) is 41.0 Å². The number of hydrogen-bond acceptors (Lipinski definition) is 6. The van der Waals surface area contributed by atoms with Crippen molar-refractivity contribution in [2.24, 2.45) is 5.92 Å². The lowest BCUT2D eigenvalue weighted by Gasteiger charge is -2.41. The van der Waals surface area contributed by atoms with E-state index in [1.807, 2.05) is 15.9 Å². The second kappa shape index (κ2) is 7.77. The smallest absolute Gasteiger partial charge is 0.379 e. The molecule has 7 nitrogen and oxygen atoms in total. The lowest BCUT2D eigenvalue weighted by Crippen LogP contribution is -2.54. The molecule has 0 bridgehead atoms. The molecule has 32 heavy (non-hydrogen) atoms. The fraction of sp³-hybridized carbons (Fsp3) is 0.409. The van der Waals surface area contributed by atoms with Crippen molar-refractivity contribution in [2.75, 3.05) is 31.1 Å². The van der Waals surface area contributed by atoms with Crippen molar-refractivity contribution in [3.63, 3.8) is 0 Å². The number of aliphatic hydroxyl groups excluding tert-OH is 1. The summed E-state index contributed by atoms with van der Waals surface area (Å²) < 4.78 is 43.8. The minimum absolute atomic E-state index is 0.0862. The maximum atomic E-state index is 13.0. The number of rotatable bonds is 4. The van der Waals surface area contributed by atoms with E-state index < -0.39 is 12.3 Å². The van der Waals surface area contributed by atoms with Crippen LogP contribution >= 0.6 is 0 Å².